The summed E-state index contributed by atoms with van der Waals surface area (Å²) >= 11 is 0. The van der Waals surface area contributed by atoms with Crippen molar-refractivity contribution in [2.45, 2.75) is 39.0 Å². The van der Waals surface area contributed by atoms with Gasteiger partial charge in [-0.25, -0.2) is 17.6 Å². The Balaban J connectivity index is 1.43. The van der Waals surface area contributed by atoms with E-state index in [4.69, 9.17) is 4.74 Å². The van der Waals surface area contributed by atoms with Gasteiger partial charge in [0.1, 0.15) is 17.4 Å². The summed E-state index contributed by atoms with van der Waals surface area (Å²) in [5.74, 6) is -1.85. The monoisotopic (exact) mass is 466 g/mol. The van der Waals surface area contributed by atoms with Gasteiger partial charge in [0, 0.05) is 11.5 Å². The number of fused-ring (bicyclic) bond motifs is 1. The fraction of sp³-hybridized carbons (Fsp3) is 0.241. The first-order valence-corrected chi connectivity index (χ1v) is 11.5. The molecule has 0 saturated carbocycles. The molecule has 0 heterocycles. The molecule has 0 atom stereocenters. The molecule has 4 aromatic rings. The van der Waals surface area contributed by atoms with E-state index in [2.05, 4.69) is 0 Å². The summed E-state index contributed by atoms with van der Waals surface area (Å²) in [6.45, 7) is 2.55. The molecular formula is C29H26F4O. The Labute approximate surface area is 197 Å². The average Bonchev–Trinajstić information content (AvgIpc) is 2.83. The lowest BCUT2D eigenvalue weighted by molar-refractivity contribution is 0.315. The second kappa shape index (κ2) is 10.7. The largest absolute Gasteiger partial charge is 0.494 e. The molecule has 0 N–H and O–H groups in total. The summed E-state index contributed by atoms with van der Waals surface area (Å²) in [6, 6.07) is 17.8. The fourth-order valence-corrected chi connectivity index (χ4v) is 4.03. The molecule has 5 heteroatoms. The molecule has 0 fully saturated rings. The molecule has 0 aromatic heterocycles. The van der Waals surface area contributed by atoms with Gasteiger partial charge in [0.15, 0.2) is 11.6 Å². The molecule has 0 aliphatic heterocycles. The lowest BCUT2D eigenvalue weighted by Crippen LogP contribution is -1.99. The second-order valence-corrected chi connectivity index (χ2v) is 8.44. The quantitative estimate of drug-likeness (QED) is 0.229. The van der Waals surface area contributed by atoms with Gasteiger partial charge < -0.3 is 4.74 Å². The SMILES string of the molecule is CCCOc1ccc(CCc2ccc3c(F)c(CCc4ccc(F)c(F)c4)ccc3c2)c(F)c1. The molecule has 1 nitrogen and oxygen atoms in total. The van der Waals surface area contributed by atoms with Gasteiger partial charge >= 0.3 is 0 Å². The number of halogens is 4. The third-order valence-electron chi connectivity index (χ3n) is 5.95. The second-order valence-electron chi connectivity index (χ2n) is 8.44. The number of benzene rings is 4. The minimum atomic E-state index is -0.898. The molecule has 176 valence electrons. The van der Waals surface area contributed by atoms with Crippen LogP contribution in [0.1, 0.15) is 35.6 Å². The van der Waals surface area contributed by atoms with Crippen LogP contribution in [0, 0.1) is 23.3 Å². The van der Waals surface area contributed by atoms with Crippen molar-refractivity contribution in [2.75, 3.05) is 6.61 Å². The molecule has 4 aromatic carbocycles. The Hall–Kier alpha value is -3.34. The van der Waals surface area contributed by atoms with Crippen molar-refractivity contribution >= 4 is 10.8 Å². The maximum atomic E-state index is 15.1. The number of aryl methyl sites for hydroxylation is 4. The smallest absolute Gasteiger partial charge is 0.159 e. The van der Waals surface area contributed by atoms with Crippen molar-refractivity contribution in [1.29, 1.82) is 0 Å². The molecular weight excluding hydrogens is 440 g/mol. The Kier molecular flexibility index (Phi) is 7.51. The summed E-state index contributed by atoms with van der Waals surface area (Å²) in [6.07, 6.45) is 2.81. The molecule has 0 bridgehead atoms. The van der Waals surface area contributed by atoms with Gasteiger partial charge in [0.2, 0.25) is 0 Å². The van der Waals surface area contributed by atoms with Gasteiger partial charge in [-0.1, -0.05) is 49.4 Å². The lowest BCUT2D eigenvalue weighted by atomic mass is 9.97. The highest BCUT2D eigenvalue weighted by Gasteiger charge is 2.11. The van der Waals surface area contributed by atoms with Crippen LogP contribution in [0.2, 0.25) is 0 Å². The van der Waals surface area contributed by atoms with Crippen LogP contribution in [-0.2, 0) is 25.7 Å². The van der Waals surface area contributed by atoms with E-state index in [9.17, 15) is 13.2 Å². The van der Waals surface area contributed by atoms with Gasteiger partial charge in [-0.15, -0.1) is 0 Å². The predicted octanol–water partition coefficient (Wildman–Crippen LogP) is 7.76. The third-order valence-corrected chi connectivity index (χ3v) is 5.95. The Morgan fingerprint density at radius 2 is 1.32 bits per heavy atom. The standard InChI is InChI=1S/C29H26F4O/c1-2-15-34-24-12-11-21(27(31)18-24)7-3-19-5-13-25-23(16-19)10-9-22(29(25)33)8-4-20-6-14-26(30)28(32)17-20/h5-6,9-14,16-18H,2-4,7-8,15H2,1H3. The third kappa shape index (κ3) is 5.58. The number of ether oxygens (including phenoxy) is 1. The predicted molar refractivity (Wildman–Crippen MR) is 127 cm³/mol. The van der Waals surface area contributed by atoms with E-state index in [1.807, 2.05) is 25.1 Å². The fourth-order valence-electron chi connectivity index (χ4n) is 4.03. The zero-order valence-corrected chi connectivity index (χ0v) is 19.0. The summed E-state index contributed by atoms with van der Waals surface area (Å²) in [7, 11) is 0. The van der Waals surface area contributed by atoms with Gasteiger partial charge in [-0.2, -0.15) is 0 Å². The highest BCUT2D eigenvalue weighted by molar-refractivity contribution is 5.84. The van der Waals surface area contributed by atoms with Gasteiger partial charge in [-0.3, -0.25) is 0 Å². The first kappa shape index (κ1) is 23.8. The van der Waals surface area contributed by atoms with E-state index in [-0.39, 0.29) is 11.6 Å². The van der Waals surface area contributed by atoms with Crippen LogP contribution < -0.4 is 4.74 Å². The Morgan fingerprint density at radius 1 is 0.618 bits per heavy atom. The molecule has 0 saturated heterocycles. The van der Waals surface area contributed by atoms with Crippen LogP contribution in [0.4, 0.5) is 17.6 Å². The molecule has 0 radical (unpaired) electrons. The summed E-state index contributed by atoms with van der Waals surface area (Å²) in [5, 5.41) is 1.28. The van der Waals surface area contributed by atoms with Crippen LogP contribution in [0.15, 0.2) is 66.7 Å². The van der Waals surface area contributed by atoms with E-state index in [1.54, 1.807) is 24.3 Å². The van der Waals surface area contributed by atoms with Crippen molar-refractivity contribution in [3.05, 3.63) is 112 Å². The number of hydrogen-bond acceptors (Lipinski definition) is 1. The maximum absolute atomic E-state index is 15.1. The maximum Gasteiger partial charge on any atom is 0.159 e. The average molecular weight is 467 g/mol. The molecule has 34 heavy (non-hydrogen) atoms. The lowest BCUT2D eigenvalue weighted by Gasteiger charge is -2.10. The number of hydrogen-bond donors (Lipinski definition) is 0. The van der Waals surface area contributed by atoms with Crippen molar-refractivity contribution < 1.29 is 22.3 Å². The summed E-state index contributed by atoms with van der Waals surface area (Å²) in [5.41, 5.74) is 2.75. The van der Waals surface area contributed by atoms with Crippen LogP contribution >= 0.6 is 0 Å². The molecule has 0 amide bonds. The van der Waals surface area contributed by atoms with E-state index in [1.165, 1.54) is 12.1 Å². The van der Waals surface area contributed by atoms with E-state index < -0.39 is 11.6 Å². The summed E-state index contributed by atoms with van der Waals surface area (Å²) in [4.78, 5) is 0. The van der Waals surface area contributed by atoms with Crippen LogP contribution in [0.25, 0.3) is 10.8 Å². The minimum Gasteiger partial charge on any atom is -0.494 e. The normalized spacial score (nSPS) is 11.2. The zero-order valence-electron chi connectivity index (χ0n) is 19.0. The van der Waals surface area contributed by atoms with Crippen molar-refractivity contribution in [3.8, 4) is 5.75 Å². The zero-order chi connectivity index (χ0) is 24.1. The number of rotatable bonds is 9. The Morgan fingerprint density at radius 3 is 2.06 bits per heavy atom. The van der Waals surface area contributed by atoms with Gasteiger partial charge in [0.05, 0.1) is 6.61 Å². The first-order chi connectivity index (χ1) is 16.4. The highest BCUT2D eigenvalue weighted by Crippen LogP contribution is 2.25. The van der Waals surface area contributed by atoms with Crippen LogP contribution in [-0.4, -0.2) is 6.61 Å². The van der Waals surface area contributed by atoms with E-state index in [0.717, 1.165) is 29.5 Å². The molecule has 4 rings (SSSR count). The van der Waals surface area contributed by atoms with Crippen LogP contribution in [0.5, 0.6) is 5.75 Å². The van der Waals surface area contributed by atoms with Crippen molar-refractivity contribution in [1.82, 2.24) is 0 Å². The summed E-state index contributed by atoms with van der Waals surface area (Å²) < 4.78 is 61.5. The molecule has 0 unspecified atom stereocenters. The molecule has 0 aliphatic carbocycles. The van der Waals surface area contributed by atoms with E-state index >= 15 is 4.39 Å². The molecule has 0 spiro atoms. The minimum absolute atomic E-state index is 0.286. The van der Waals surface area contributed by atoms with Gasteiger partial charge in [0.25, 0.3) is 0 Å². The first-order valence-electron chi connectivity index (χ1n) is 11.5. The van der Waals surface area contributed by atoms with Crippen LogP contribution in [0.3, 0.4) is 0 Å². The van der Waals surface area contributed by atoms with Crippen molar-refractivity contribution in [3.63, 3.8) is 0 Å². The molecule has 0 aliphatic rings. The van der Waals surface area contributed by atoms with Gasteiger partial charge in [-0.05, 0) is 77.9 Å². The van der Waals surface area contributed by atoms with Crippen molar-refractivity contribution in [2.24, 2.45) is 0 Å². The highest BCUT2D eigenvalue weighted by atomic mass is 19.2. The topological polar surface area (TPSA) is 9.23 Å². The van der Waals surface area contributed by atoms with E-state index in [0.29, 0.717) is 60.1 Å². The Bertz CT molecular complexity index is 1300.